The van der Waals surface area contributed by atoms with E-state index in [1.807, 2.05) is 12.1 Å². The standard InChI is InChI=1S/C15H19BrN4O/c16-12-5-3-11(4-6-12)10-14-18-15(21-19-14)13-2-1-8-20(13)9-7-17/h3-6,13H,1-2,7-10,17H2. The van der Waals surface area contributed by atoms with Crippen LogP contribution in [0.4, 0.5) is 0 Å². The van der Waals surface area contributed by atoms with Crippen LogP contribution in [0.3, 0.4) is 0 Å². The van der Waals surface area contributed by atoms with E-state index in [0.29, 0.717) is 13.0 Å². The monoisotopic (exact) mass is 350 g/mol. The zero-order chi connectivity index (χ0) is 14.7. The Balaban J connectivity index is 1.69. The molecule has 2 aromatic rings. The molecule has 1 saturated heterocycles. The molecular weight excluding hydrogens is 332 g/mol. The van der Waals surface area contributed by atoms with Crippen molar-refractivity contribution in [2.24, 2.45) is 5.73 Å². The molecule has 21 heavy (non-hydrogen) atoms. The second-order valence-electron chi connectivity index (χ2n) is 5.33. The minimum Gasteiger partial charge on any atom is -0.338 e. The van der Waals surface area contributed by atoms with Gasteiger partial charge in [-0.05, 0) is 37.1 Å². The molecule has 0 amide bonds. The van der Waals surface area contributed by atoms with E-state index < -0.39 is 0 Å². The maximum Gasteiger partial charge on any atom is 0.244 e. The Labute approximate surface area is 132 Å². The highest BCUT2D eigenvalue weighted by Crippen LogP contribution is 2.30. The third kappa shape index (κ3) is 3.51. The number of halogens is 1. The van der Waals surface area contributed by atoms with Gasteiger partial charge in [0, 0.05) is 24.0 Å². The van der Waals surface area contributed by atoms with Crippen molar-refractivity contribution >= 4 is 15.9 Å². The summed E-state index contributed by atoms with van der Waals surface area (Å²) in [5, 5.41) is 4.12. The Morgan fingerprint density at radius 1 is 1.33 bits per heavy atom. The highest BCUT2D eigenvalue weighted by Gasteiger charge is 2.29. The van der Waals surface area contributed by atoms with Gasteiger partial charge in [-0.3, -0.25) is 4.90 Å². The largest absolute Gasteiger partial charge is 0.338 e. The van der Waals surface area contributed by atoms with Gasteiger partial charge < -0.3 is 10.3 Å². The van der Waals surface area contributed by atoms with Gasteiger partial charge in [-0.1, -0.05) is 33.2 Å². The van der Waals surface area contributed by atoms with Crippen LogP contribution in [0.2, 0.25) is 0 Å². The summed E-state index contributed by atoms with van der Waals surface area (Å²) in [4.78, 5) is 6.90. The number of nitrogens with two attached hydrogens (primary N) is 1. The highest BCUT2D eigenvalue weighted by molar-refractivity contribution is 9.10. The zero-order valence-electron chi connectivity index (χ0n) is 11.8. The molecule has 5 nitrogen and oxygen atoms in total. The molecule has 0 aliphatic carbocycles. The van der Waals surface area contributed by atoms with Crippen LogP contribution in [0.15, 0.2) is 33.3 Å². The SMILES string of the molecule is NCCN1CCCC1c1nc(Cc2ccc(Br)cc2)no1. The Morgan fingerprint density at radius 3 is 2.90 bits per heavy atom. The van der Waals surface area contributed by atoms with Gasteiger partial charge in [0.1, 0.15) is 0 Å². The van der Waals surface area contributed by atoms with E-state index in [9.17, 15) is 0 Å². The summed E-state index contributed by atoms with van der Waals surface area (Å²) in [6.07, 6.45) is 2.93. The lowest BCUT2D eigenvalue weighted by molar-refractivity contribution is 0.213. The van der Waals surface area contributed by atoms with Gasteiger partial charge in [-0.2, -0.15) is 4.98 Å². The van der Waals surface area contributed by atoms with Crippen molar-refractivity contribution in [1.29, 1.82) is 0 Å². The number of rotatable bonds is 5. The van der Waals surface area contributed by atoms with Gasteiger partial charge in [0.25, 0.3) is 0 Å². The van der Waals surface area contributed by atoms with Crippen molar-refractivity contribution in [2.45, 2.75) is 25.3 Å². The van der Waals surface area contributed by atoms with Crippen LogP contribution in [-0.2, 0) is 6.42 Å². The molecule has 1 aromatic heterocycles. The van der Waals surface area contributed by atoms with E-state index in [-0.39, 0.29) is 6.04 Å². The Hall–Kier alpha value is -1.24. The summed E-state index contributed by atoms with van der Waals surface area (Å²) in [6, 6.07) is 8.42. The van der Waals surface area contributed by atoms with E-state index in [1.165, 1.54) is 5.56 Å². The van der Waals surface area contributed by atoms with E-state index in [1.54, 1.807) is 0 Å². The normalized spacial score (nSPS) is 19.2. The van der Waals surface area contributed by atoms with Gasteiger partial charge in [0.2, 0.25) is 5.89 Å². The second kappa shape index (κ2) is 6.68. The van der Waals surface area contributed by atoms with Crippen LogP contribution < -0.4 is 5.73 Å². The summed E-state index contributed by atoms with van der Waals surface area (Å²) in [7, 11) is 0. The zero-order valence-corrected chi connectivity index (χ0v) is 13.4. The number of hydrogen-bond acceptors (Lipinski definition) is 5. The van der Waals surface area contributed by atoms with Crippen LogP contribution in [0.25, 0.3) is 0 Å². The summed E-state index contributed by atoms with van der Waals surface area (Å²) in [5.41, 5.74) is 6.83. The third-order valence-corrected chi connectivity index (χ3v) is 4.35. The lowest BCUT2D eigenvalue weighted by atomic mass is 10.1. The van der Waals surface area contributed by atoms with Crippen LogP contribution in [-0.4, -0.2) is 34.7 Å². The third-order valence-electron chi connectivity index (χ3n) is 3.82. The molecule has 1 unspecified atom stereocenters. The Kier molecular flexibility index (Phi) is 4.67. The molecule has 2 N–H and O–H groups in total. The predicted molar refractivity (Wildman–Crippen MR) is 83.8 cm³/mol. The molecule has 2 heterocycles. The van der Waals surface area contributed by atoms with Gasteiger partial charge in [-0.25, -0.2) is 0 Å². The van der Waals surface area contributed by atoms with Crippen LogP contribution >= 0.6 is 15.9 Å². The maximum absolute atomic E-state index is 5.66. The van der Waals surface area contributed by atoms with Crippen molar-refractivity contribution in [3.8, 4) is 0 Å². The summed E-state index contributed by atoms with van der Waals surface area (Å²) in [6.45, 7) is 2.61. The molecule has 0 saturated carbocycles. The van der Waals surface area contributed by atoms with Gasteiger partial charge in [-0.15, -0.1) is 0 Å². The average Bonchev–Trinajstić information content (AvgIpc) is 3.11. The Morgan fingerprint density at radius 2 is 2.14 bits per heavy atom. The van der Waals surface area contributed by atoms with Crippen LogP contribution in [0.1, 0.15) is 36.2 Å². The molecule has 0 bridgehead atoms. The smallest absolute Gasteiger partial charge is 0.244 e. The summed E-state index contributed by atoms with van der Waals surface area (Å²) < 4.78 is 6.54. The molecule has 0 radical (unpaired) electrons. The number of hydrogen-bond donors (Lipinski definition) is 1. The molecule has 6 heteroatoms. The summed E-state index contributed by atoms with van der Waals surface area (Å²) in [5.74, 6) is 1.47. The fourth-order valence-electron chi connectivity index (χ4n) is 2.80. The van der Waals surface area contributed by atoms with E-state index >= 15 is 0 Å². The Bertz CT molecular complexity index is 584. The maximum atomic E-state index is 5.66. The topological polar surface area (TPSA) is 68.2 Å². The molecule has 1 atom stereocenters. The molecule has 1 fully saturated rings. The molecular formula is C15H19BrN4O. The lowest BCUT2D eigenvalue weighted by Gasteiger charge is -2.19. The van der Waals surface area contributed by atoms with Gasteiger partial charge in [0.05, 0.1) is 6.04 Å². The fraction of sp³-hybridized carbons (Fsp3) is 0.467. The predicted octanol–water partition coefficient (Wildman–Crippen LogP) is 2.52. The van der Waals surface area contributed by atoms with Crippen LogP contribution in [0, 0.1) is 0 Å². The molecule has 1 aliphatic heterocycles. The van der Waals surface area contributed by atoms with Crippen molar-refractivity contribution in [3.05, 3.63) is 46.0 Å². The first-order valence-corrected chi connectivity index (χ1v) is 8.06. The minimum absolute atomic E-state index is 0.236. The first-order chi connectivity index (χ1) is 10.3. The summed E-state index contributed by atoms with van der Waals surface area (Å²) >= 11 is 3.44. The molecule has 1 aliphatic rings. The van der Waals surface area contributed by atoms with Crippen molar-refractivity contribution in [2.75, 3.05) is 19.6 Å². The molecule has 112 valence electrons. The van der Waals surface area contributed by atoms with E-state index in [0.717, 1.165) is 42.1 Å². The van der Waals surface area contributed by atoms with Crippen molar-refractivity contribution < 1.29 is 4.52 Å². The fourth-order valence-corrected chi connectivity index (χ4v) is 3.06. The highest BCUT2D eigenvalue weighted by atomic mass is 79.9. The van der Waals surface area contributed by atoms with Crippen molar-refractivity contribution in [3.63, 3.8) is 0 Å². The molecule has 1 aromatic carbocycles. The van der Waals surface area contributed by atoms with E-state index in [2.05, 4.69) is 43.1 Å². The van der Waals surface area contributed by atoms with Crippen LogP contribution in [0.5, 0.6) is 0 Å². The number of nitrogens with zero attached hydrogens (tertiary/aromatic N) is 3. The number of likely N-dealkylation sites (tertiary alicyclic amines) is 1. The average molecular weight is 351 g/mol. The molecule has 0 spiro atoms. The first-order valence-electron chi connectivity index (χ1n) is 7.27. The second-order valence-corrected chi connectivity index (χ2v) is 6.25. The minimum atomic E-state index is 0.236. The number of aromatic nitrogens is 2. The van der Waals surface area contributed by atoms with Crippen molar-refractivity contribution in [1.82, 2.24) is 15.0 Å². The van der Waals surface area contributed by atoms with Gasteiger partial charge in [0.15, 0.2) is 5.82 Å². The number of benzene rings is 1. The van der Waals surface area contributed by atoms with E-state index in [4.69, 9.17) is 10.3 Å². The quantitative estimate of drug-likeness (QED) is 0.897. The van der Waals surface area contributed by atoms with Gasteiger partial charge >= 0.3 is 0 Å². The lowest BCUT2D eigenvalue weighted by Crippen LogP contribution is -2.29. The first kappa shape index (κ1) is 14.7. The molecule has 3 rings (SSSR count).